The lowest BCUT2D eigenvalue weighted by Gasteiger charge is -2.30. The van der Waals surface area contributed by atoms with E-state index in [-0.39, 0.29) is 16.8 Å². The molecule has 26 heavy (non-hydrogen) atoms. The summed E-state index contributed by atoms with van der Waals surface area (Å²) in [5, 5.41) is 0. The molecule has 2 fully saturated rings. The Morgan fingerprint density at radius 3 is 2.27 bits per heavy atom. The zero-order valence-electron chi connectivity index (χ0n) is 15.7. The fourth-order valence-corrected chi connectivity index (χ4v) is 5.52. The van der Waals surface area contributed by atoms with Gasteiger partial charge in [-0.05, 0) is 43.9 Å². The molecule has 0 bridgehead atoms. The molecular formula is C20H30N2O3S. The normalized spacial score (nSPS) is 20.2. The lowest BCUT2D eigenvalue weighted by atomic mass is 9.96. The Kier molecular flexibility index (Phi) is 6.35. The standard InChI is InChI=1S/C20H30N2O3S/c1-21(18-11-5-4-6-12-18)26(24,25)19-13-9-10-17(16-19)20(23)22-14-7-2-3-8-15-22/h9-10,13,16,18H,2-8,11-12,14-15H2,1H3. The Bertz CT molecular complexity index is 718. The second-order valence-corrected chi connectivity index (χ2v) is 9.54. The van der Waals surface area contributed by atoms with E-state index in [1.54, 1.807) is 31.3 Å². The molecule has 1 aliphatic heterocycles. The van der Waals surface area contributed by atoms with Crippen molar-refractivity contribution < 1.29 is 13.2 Å². The average Bonchev–Trinajstić information content (AvgIpc) is 2.97. The van der Waals surface area contributed by atoms with E-state index in [2.05, 4.69) is 0 Å². The van der Waals surface area contributed by atoms with Crippen molar-refractivity contribution in [3.8, 4) is 0 Å². The molecule has 1 aliphatic carbocycles. The number of amides is 1. The van der Waals surface area contributed by atoms with Gasteiger partial charge in [-0.3, -0.25) is 4.79 Å². The van der Waals surface area contributed by atoms with E-state index < -0.39 is 10.0 Å². The van der Waals surface area contributed by atoms with Crippen LogP contribution in [0.15, 0.2) is 29.2 Å². The lowest BCUT2D eigenvalue weighted by molar-refractivity contribution is 0.0761. The Morgan fingerprint density at radius 2 is 1.62 bits per heavy atom. The number of likely N-dealkylation sites (tertiary alicyclic amines) is 1. The van der Waals surface area contributed by atoms with Crippen LogP contribution in [0.5, 0.6) is 0 Å². The van der Waals surface area contributed by atoms with Gasteiger partial charge in [0.25, 0.3) is 5.91 Å². The van der Waals surface area contributed by atoms with Crippen LogP contribution in [-0.4, -0.2) is 49.7 Å². The van der Waals surface area contributed by atoms with Crippen LogP contribution in [0, 0.1) is 0 Å². The monoisotopic (exact) mass is 378 g/mol. The Hall–Kier alpha value is -1.40. The molecule has 1 saturated heterocycles. The Labute approximate surface area is 157 Å². The quantitative estimate of drug-likeness (QED) is 0.803. The molecule has 0 radical (unpaired) electrons. The van der Waals surface area contributed by atoms with Crippen molar-refractivity contribution in [2.45, 2.75) is 68.7 Å². The number of benzene rings is 1. The Balaban J connectivity index is 1.80. The minimum absolute atomic E-state index is 0.0516. The van der Waals surface area contributed by atoms with E-state index in [9.17, 15) is 13.2 Å². The summed E-state index contributed by atoms with van der Waals surface area (Å²) < 4.78 is 27.6. The Morgan fingerprint density at radius 1 is 1.00 bits per heavy atom. The van der Waals surface area contributed by atoms with Gasteiger partial charge in [-0.1, -0.05) is 38.2 Å². The SMILES string of the molecule is CN(C1CCCCC1)S(=O)(=O)c1cccc(C(=O)N2CCCCCC2)c1. The van der Waals surface area contributed by atoms with E-state index in [4.69, 9.17) is 0 Å². The highest BCUT2D eigenvalue weighted by atomic mass is 32.2. The number of hydrogen-bond acceptors (Lipinski definition) is 3. The molecule has 144 valence electrons. The van der Waals surface area contributed by atoms with Crippen molar-refractivity contribution in [2.75, 3.05) is 20.1 Å². The number of hydrogen-bond donors (Lipinski definition) is 0. The van der Waals surface area contributed by atoms with Gasteiger partial charge in [-0.25, -0.2) is 8.42 Å². The minimum atomic E-state index is -3.57. The molecular weight excluding hydrogens is 348 g/mol. The summed E-state index contributed by atoms with van der Waals surface area (Å²) in [5.74, 6) is -0.0516. The summed E-state index contributed by atoms with van der Waals surface area (Å²) in [5.41, 5.74) is 0.477. The van der Waals surface area contributed by atoms with Gasteiger partial charge in [0.05, 0.1) is 4.90 Å². The van der Waals surface area contributed by atoms with E-state index in [1.165, 1.54) is 10.7 Å². The molecule has 0 spiro atoms. The molecule has 1 aromatic carbocycles. The molecule has 1 amide bonds. The predicted molar refractivity (Wildman–Crippen MR) is 103 cm³/mol. The number of nitrogens with zero attached hydrogens (tertiary/aromatic N) is 2. The van der Waals surface area contributed by atoms with E-state index in [0.717, 1.165) is 64.5 Å². The average molecular weight is 379 g/mol. The third-order valence-corrected chi connectivity index (χ3v) is 7.65. The van der Waals surface area contributed by atoms with Crippen molar-refractivity contribution in [2.24, 2.45) is 0 Å². The van der Waals surface area contributed by atoms with Crippen LogP contribution in [0.3, 0.4) is 0 Å². The summed E-state index contributed by atoms with van der Waals surface area (Å²) in [7, 11) is -1.89. The number of rotatable bonds is 4. The summed E-state index contributed by atoms with van der Waals surface area (Å²) >= 11 is 0. The second-order valence-electron chi connectivity index (χ2n) is 7.55. The molecule has 5 nitrogen and oxygen atoms in total. The highest BCUT2D eigenvalue weighted by molar-refractivity contribution is 7.89. The fraction of sp³-hybridized carbons (Fsp3) is 0.650. The van der Waals surface area contributed by atoms with Crippen molar-refractivity contribution >= 4 is 15.9 Å². The third kappa shape index (κ3) is 4.29. The molecule has 0 unspecified atom stereocenters. The molecule has 0 N–H and O–H groups in total. The largest absolute Gasteiger partial charge is 0.339 e. The molecule has 0 atom stereocenters. The number of carbonyl (C=O) groups excluding carboxylic acids is 1. The van der Waals surface area contributed by atoms with Gasteiger partial charge >= 0.3 is 0 Å². The first-order chi connectivity index (χ1) is 12.5. The third-order valence-electron chi connectivity index (χ3n) is 5.74. The van der Waals surface area contributed by atoms with Crippen LogP contribution in [0.25, 0.3) is 0 Å². The first-order valence-corrected chi connectivity index (χ1v) is 11.3. The van der Waals surface area contributed by atoms with Gasteiger partial charge in [0.15, 0.2) is 0 Å². The smallest absolute Gasteiger partial charge is 0.253 e. The van der Waals surface area contributed by atoms with Crippen LogP contribution in [-0.2, 0) is 10.0 Å². The first-order valence-electron chi connectivity index (χ1n) is 9.87. The molecule has 1 aromatic rings. The topological polar surface area (TPSA) is 57.7 Å². The van der Waals surface area contributed by atoms with Gasteiger partial charge in [-0.2, -0.15) is 4.31 Å². The molecule has 1 heterocycles. The predicted octanol–water partition coefficient (Wildman–Crippen LogP) is 3.66. The molecule has 0 aromatic heterocycles. The minimum Gasteiger partial charge on any atom is -0.339 e. The number of sulfonamides is 1. The van der Waals surface area contributed by atoms with Crippen LogP contribution in [0.4, 0.5) is 0 Å². The van der Waals surface area contributed by atoms with Crippen LogP contribution in [0.1, 0.15) is 68.1 Å². The molecule has 6 heteroatoms. The molecule has 1 saturated carbocycles. The maximum Gasteiger partial charge on any atom is 0.253 e. The van der Waals surface area contributed by atoms with Crippen LogP contribution in [0.2, 0.25) is 0 Å². The van der Waals surface area contributed by atoms with Gasteiger partial charge in [0, 0.05) is 31.7 Å². The molecule has 3 rings (SSSR count). The van der Waals surface area contributed by atoms with Crippen molar-refractivity contribution in [3.05, 3.63) is 29.8 Å². The van der Waals surface area contributed by atoms with Crippen molar-refractivity contribution in [1.82, 2.24) is 9.21 Å². The van der Waals surface area contributed by atoms with Gasteiger partial charge in [0.2, 0.25) is 10.0 Å². The summed E-state index contributed by atoms with van der Waals surface area (Å²) in [6.07, 6.45) is 9.54. The van der Waals surface area contributed by atoms with Gasteiger partial charge in [-0.15, -0.1) is 0 Å². The highest BCUT2D eigenvalue weighted by Gasteiger charge is 2.29. The maximum atomic E-state index is 13.0. The zero-order chi connectivity index (χ0) is 18.6. The van der Waals surface area contributed by atoms with E-state index >= 15 is 0 Å². The zero-order valence-corrected chi connectivity index (χ0v) is 16.5. The van der Waals surface area contributed by atoms with Crippen molar-refractivity contribution in [3.63, 3.8) is 0 Å². The maximum absolute atomic E-state index is 13.0. The van der Waals surface area contributed by atoms with Gasteiger partial charge < -0.3 is 4.90 Å². The summed E-state index contributed by atoms with van der Waals surface area (Å²) in [4.78, 5) is 14.9. The fourth-order valence-electron chi connectivity index (χ4n) is 4.05. The first kappa shape index (κ1) is 19.4. The second kappa shape index (κ2) is 8.53. The van der Waals surface area contributed by atoms with Gasteiger partial charge in [0.1, 0.15) is 0 Å². The number of carbonyl (C=O) groups is 1. The van der Waals surface area contributed by atoms with E-state index in [1.807, 2.05) is 4.90 Å². The summed E-state index contributed by atoms with van der Waals surface area (Å²) in [6.45, 7) is 1.52. The molecule has 2 aliphatic rings. The highest BCUT2D eigenvalue weighted by Crippen LogP contribution is 2.27. The van der Waals surface area contributed by atoms with Crippen LogP contribution < -0.4 is 0 Å². The van der Waals surface area contributed by atoms with E-state index in [0.29, 0.717) is 5.56 Å². The summed E-state index contributed by atoms with van der Waals surface area (Å²) in [6, 6.07) is 6.65. The lowest BCUT2D eigenvalue weighted by Crippen LogP contribution is -2.38. The van der Waals surface area contributed by atoms with Crippen LogP contribution >= 0.6 is 0 Å². The van der Waals surface area contributed by atoms with Crippen molar-refractivity contribution in [1.29, 1.82) is 0 Å².